The highest BCUT2D eigenvalue weighted by molar-refractivity contribution is 6.08. The molecule has 0 saturated carbocycles. The highest BCUT2D eigenvalue weighted by Crippen LogP contribution is 2.28. The van der Waals surface area contributed by atoms with Crippen LogP contribution in [0.3, 0.4) is 0 Å². The van der Waals surface area contributed by atoms with E-state index in [0.717, 1.165) is 28.0 Å². The predicted octanol–water partition coefficient (Wildman–Crippen LogP) is 5.27. The van der Waals surface area contributed by atoms with Crippen LogP contribution in [0.15, 0.2) is 78.9 Å². The van der Waals surface area contributed by atoms with Crippen molar-refractivity contribution >= 4 is 33.4 Å². The molecule has 5 nitrogen and oxygen atoms in total. The van der Waals surface area contributed by atoms with E-state index < -0.39 is 0 Å². The summed E-state index contributed by atoms with van der Waals surface area (Å²) in [4.78, 5) is 12.6. The van der Waals surface area contributed by atoms with E-state index >= 15 is 0 Å². The minimum atomic E-state index is -0.0628. The van der Waals surface area contributed by atoms with Gasteiger partial charge in [-0.1, -0.05) is 42.5 Å². The van der Waals surface area contributed by atoms with Gasteiger partial charge in [0.15, 0.2) is 0 Å². The van der Waals surface area contributed by atoms with Gasteiger partial charge in [-0.25, -0.2) is 0 Å². The Hall–Kier alpha value is -3.73. The molecule has 3 aromatic carbocycles. The molecule has 2 N–H and O–H groups in total. The molecule has 0 radical (unpaired) electrons. The maximum Gasteiger partial charge on any atom is 0.240 e. The lowest BCUT2D eigenvalue weighted by Crippen LogP contribution is -2.36. The van der Waals surface area contributed by atoms with Crippen LogP contribution in [0.4, 0.5) is 0 Å². The maximum atomic E-state index is 12.6. The molecule has 158 valence electrons. The number of amides is 1. The number of hydrogen-bond donors (Lipinski definition) is 2. The summed E-state index contributed by atoms with van der Waals surface area (Å²) in [7, 11) is 0. The average Bonchev–Trinajstić information content (AvgIpc) is 3.13. The molecule has 0 atom stereocenters. The lowest BCUT2D eigenvalue weighted by atomic mass is 10.1. The Morgan fingerprint density at radius 3 is 2.10 bits per heavy atom. The van der Waals surface area contributed by atoms with Gasteiger partial charge in [-0.2, -0.15) is 0 Å². The molecule has 0 fully saturated rings. The van der Waals surface area contributed by atoms with Crippen LogP contribution in [0.5, 0.6) is 5.75 Å². The van der Waals surface area contributed by atoms with Crippen LogP contribution >= 0.6 is 0 Å². The first-order valence-electron chi connectivity index (χ1n) is 10.6. The molecule has 0 bridgehead atoms. The van der Waals surface area contributed by atoms with Gasteiger partial charge in [0.1, 0.15) is 5.75 Å². The van der Waals surface area contributed by atoms with E-state index in [2.05, 4.69) is 51.8 Å². The number of hydrogen-bond acceptors (Lipinski definition) is 3. The summed E-state index contributed by atoms with van der Waals surface area (Å²) in [5.41, 5.74) is 10.00. The number of aryl methyl sites for hydroxylation is 1. The van der Waals surface area contributed by atoms with Gasteiger partial charge in [0.2, 0.25) is 5.91 Å². The van der Waals surface area contributed by atoms with Crippen LogP contribution in [0.2, 0.25) is 0 Å². The van der Waals surface area contributed by atoms with Crippen molar-refractivity contribution in [1.29, 1.82) is 0 Å². The van der Waals surface area contributed by atoms with Gasteiger partial charge in [0, 0.05) is 34.8 Å². The molecule has 1 heterocycles. The quantitative estimate of drug-likeness (QED) is 0.387. The summed E-state index contributed by atoms with van der Waals surface area (Å²) >= 11 is 0. The number of rotatable bonds is 8. The monoisotopic (exact) mass is 413 g/mol. The number of benzene rings is 3. The first kappa shape index (κ1) is 20.5. The fourth-order valence-electron chi connectivity index (χ4n) is 3.87. The van der Waals surface area contributed by atoms with Crippen LogP contribution in [0.1, 0.15) is 25.8 Å². The second kappa shape index (κ2) is 9.39. The van der Waals surface area contributed by atoms with E-state index in [4.69, 9.17) is 4.74 Å². The van der Waals surface area contributed by atoms with Gasteiger partial charge in [-0.15, -0.1) is 0 Å². The number of hydrazine groups is 1. The molecule has 0 saturated heterocycles. The standard InChI is InChI=1S/C26H27N3O2/c1-3-23(19-13-15-20(16-14-19)31-4-2)27-28-26(30)17-18-29-24-11-7-5-9-21(24)22-10-6-8-12-25(22)29/h3,5-16,27H,4,17-18H2,1-2H3,(H,28,30)/b23-3-. The summed E-state index contributed by atoms with van der Waals surface area (Å²) < 4.78 is 7.70. The zero-order valence-electron chi connectivity index (χ0n) is 17.9. The molecule has 4 rings (SSSR count). The Kier molecular flexibility index (Phi) is 6.22. The average molecular weight is 414 g/mol. The molecule has 1 amide bonds. The van der Waals surface area contributed by atoms with Crippen molar-refractivity contribution in [2.75, 3.05) is 6.61 Å². The summed E-state index contributed by atoms with van der Waals surface area (Å²) in [6.07, 6.45) is 2.30. The SMILES string of the molecule is C/C=C(\NNC(=O)CCn1c2ccccc2c2ccccc21)c1ccc(OCC)cc1. The lowest BCUT2D eigenvalue weighted by molar-refractivity contribution is -0.121. The van der Waals surface area contributed by atoms with Crippen LogP contribution < -0.4 is 15.6 Å². The normalized spacial score (nSPS) is 11.6. The predicted molar refractivity (Wildman–Crippen MR) is 127 cm³/mol. The number of carbonyl (C=O) groups is 1. The van der Waals surface area contributed by atoms with Gasteiger partial charge >= 0.3 is 0 Å². The first-order chi connectivity index (χ1) is 15.2. The Morgan fingerprint density at radius 1 is 0.903 bits per heavy atom. The molecule has 5 heteroatoms. The van der Waals surface area contributed by atoms with E-state index in [0.29, 0.717) is 19.6 Å². The smallest absolute Gasteiger partial charge is 0.240 e. The largest absolute Gasteiger partial charge is 0.494 e. The number of nitrogens with zero attached hydrogens (tertiary/aromatic N) is 1. The van der Waals surface area contributed by atoms with E-state index in [1.807, 2.05) is 56.3 Å². The minimum absolute atomic E-state index is 0.0628. The molecule has 31 heavy (non-hydrogen) atoms. The fourth-order valence-corrected chi connectivity index (χ4v) is 3.87. The number of ether oxygens (including phenoxy) is 1. The molecule has 0 aliphatic carbocycles. The third kappa shape index (κ3) is 4.40. The van der Waals surface area contributed by atoms with Gasteiger partial charge in [0.25, 0.3) is 0 Å². The van der Waals surface area contributed by atoms with Crippen molar-refractivity contribution in [3.8, 4) is 5.75 Å². The summed E-state index contributed by atoms with van der Waals surface area (Å²) in [6.45, 7) is 5.14. The Balaban J connectivity index is 1.41. The van der Waals surface area contributed by atoms with Gasteiger partial charge < -0.3 is 9.30 Å². The number of aromatic nitrogens is 1. The molecule has 0 aliphatic rings. The molecule has 0 unspecified atom stereocenters. The van der Waals surface area contributed by atoms with Crippen molar-refractivity contribution in [2.45, 2.75) is 26.8 Å². The van der Waals surface area contributed by atoms with E-state index in [1.54, 1.807) is 0 Å². The molecular formula is C26H27N3O2. The van der Waals surface area contributed by atoms with Crippen LogP contribution in [-0.2, 0) is 11.3 Å². The van der Waals surface area contributed by atoms with E-state index in [-0.39, 0.29) is 5.91 Å². The van der Waals surface area contributed by atoms with Crippen LogP contribution in [-0.4, -0.2) is 17.1 Å². The topological polar surface area (TPSA) is 55.3 Å². The van der Waals surface area contributed by atoms with Gasteiger partial charge in [-0.05, 0) is 55.8 Å². The molecule has 1 aromatic heterocycles. The highest BCUT2D eigenvalue weighted by atomic mass is 16.5. The van der Waals surface area contributed by atoms with Gasteiger partial charge in [-0.3, -0.25) is 15.6 Å². The lowest BCUT2D eigenvalue weighted by Gasteiger charge is -2.14. The van der Waals surface area contributed by atoms with Gasteiger partial charge in [0.05, 0.1) is 12.3 Å². The minimum Gasteiger partial charge on any atom is -0.494 e. The maximum absolute atomic E-state index is 12.6. The Bertz CT molecular complexity index is 1170. The number of para-hydroxylation sites is 2. The van der Waals surface area contributed by atoms with Crippen molar-refractivity contribution in [3.05, 3.63) is 84.4 Å². The van der Waals surface area contributed by atoms with Crippen molar-refractivity contribution in [1.82, 2.24) is 15.4 Å². The fraction of sp³-hybridized carbons (Fsp3) is 0.192. The molecule has 4 aromatic rings. The summed E-state index contributed by atoms with van der Waals surface area (Å²) in [5.74, 6) is 0.768. The second-order valence-corrected chi connectivity index (χ2v) is 7.27. The van der Waals surface area contributed by atoms with E-state index in [9.17, 15) is 4.79 Å². The molecular weight excluding hydrogens is 386 g/mol. The highest BCUT2D eigenvalue weighted by Gasteiger charge is 2.11. The van der Waals surface area contributed by atoms with Crippen LogP contribution in [0, 0.1) is 0 Å². The third-order valence-electron chi connectivity index (χ3n) is 5.34. The van der Waals surface area contributed by atoms with Crippen molar-refractivity contribution in [3.63, 3.8) is 0 Å². The third-order valence-corrected chi connectivity index (χ3v) is 5.34. The summed E-state index contributed by atoms with van der Waals surface area (Å²) in [5, 5.41) is 2.42. The van der Waals surface area contributed by atoms with Crippen molar-refractivity contribution in [2.24, 2.45) is 0 Å². The second-order valence-electron chi connectivity index (χ2n) is 7.27. The van der Waals surface area contributed by atoms with Crippen LogP contribution in [0.25, 0.3) is 27.5 Å². The number of carbonyl (C=O) groups excluding carboxylic acids is 1. The number of allylic oxidation sites excluding steroid dienone is 1. The molecule has 0 spiro atoms. The number of nitrogens with one attached hydrogen (secondary N) is 2. The van der Waals surface area contributed by atoms with Crippen molar-refractivity contribution < 1.29 is 9.53 Å². The first-order valence-corrected chi connectivity index (χ1v) is 10.6. The van der Waals surface area contributed by atoms with E-state index in [1.165, 1.54) is 10.8 Å². The Morgan fingerprint density at radius 2 is 1.52 bits per heavy atom. The Labute approximate surface area is 182 Å². The zero-order chi connectivity index (χ0) is 21.6. The molecule has 0 aliphatic heterocycles. The number of fused-ring (bicyclic) bond motifs is 3. The summed E-state index contributed by atoms with van der Waals surface area (Å²) in [6, 6.07) is 24.4. The zero-order valence-corrected chi connectivity index (χ0v) is 17.9.